The minimum Gasteiger partial charge on any atom is -0.497 e. The monoisotopic (exact) mass is 394 g/mol. The molecular formula is C21H22N4O2S. The molecule has 0 spiro atoms. The Morgan fingerprint density at radius 2 is 1.96 bits per heavy atom. The molecule has 0 saturated carbocycles. The van der Waals surface area contributed by atoms with Gasteiger partial charge in [0, 0.05) is 11.0 Å². The Morgan fingerprint density at radius 3 is 2.71 bits per heavy atom. The van der Waals surface area contributed by atoms with E-state index in [4.69, 9.17) is 14.8 Å². The lowest BCUT2D eigenvalue weighted by Crippen LogP contribution is -2.50. The lowest BCUT2D eigenvalue weighted by Gasteiger charge is -2.34. The van der Waals surface area contributed by atoms with Gasteiger partial charge in [0.2, 0.25) is 0 Å². The standard InChI is InChI=1S/C21H22N4O2S/c1-3-4-13-28-21-23-20(26)18-16-7-5-6-8-17(16)22-19(25(18)24-21)14-9-11-15(27-2)12-10-14/h5-12,19H,3-4,13H2,1-2H3,(H,23,24,26)/t19-/m0/s1. The van der Waals surface area contributed by atoms with Gasteiger partial charge in [-0.05, 0) is 30.2 Å². The maximum Gasteiger partial charge on any atom is 0.276 e. The zero-order valence-corrected chi connectivity index (χ0v) is 16.7. The van der Waals surface area contributed by atoms with Gasteiger partial charge in [0.25, 0.3) is 5.91 Å². The van der Waals surface area contributed by atoms with Gasteiger partial charge in [-0.2, -0.15) is 0 Å². The van der Waals surface area contributed by atoms with E-state index in [-0.39, 0.29) is 5.91 Å². The fraction of sp³-hybridized carbons (Fsp3) is 0.286. The van der Waals surface area contributed by atoms with Gasteiger partial charge in [0.1, 0.15) is 11.4 Å². The Bertz CT molecular complexity index is 1030. The summed E-state index contributed by atoms with van der Waals surface area (Å²) in [6.45, 7) is 2.15. The quantitative estimate of drug-likeness (QED) is 0.791. The molecule has 0 saturated heterocycles. The summed E-state index contributed by atoms with van der Waals surface area (Å²) in [6, 6.07) is 15.4. The Morgan fingerprint density at radius 1 is 1.18 bits per heavy atom. The number of para-hydroxylation sites is 1. The molecule has 0 radical (unpaired) electrons. The van der Waals surface area contributed by atoms with Crippen molar-refractivity contribution in [3.63, 3.8) is 0 Å². The number of hydrogen-bond donors (Lipinski definition) is 1. The SMILES string of the molecule is CCCCSC1=NN2C(=c3ccccc3=N[C@@H]2c2ccc(OC)cc2)C(=O)N1. The molecule has 0 bridgehead atoms. The number of nitrogens with one attached hydrogen (secondary N) is 1. The number of rotatable bonds is 5. The second-order valence-electron chi connectivity index (χ2n) is 6.55. The molecule has 2 heterocycles. The Kier molecular flexibility index (Phi) is 5.34. The van der Waals surface area contributed by atoms with Crippen LogP contribution in [-0.2, 0) is 4.79 Å². The molecule has 6 nitrogen and oxygen atoms in total. The summed E-state index contributed by atoms with van der Waals surface area (Å²) in [5.74, 6) is 1.55. The predicted molar refractivity (Wildman–Crippen MR) is 111 cm³/mol. The molecule has 0 aromatic heterocycles. The van der Waals surface area contributed by atoms with Gasteiger partial charge in [-0.25, -0.2) is 5.01 Å². The molecule has 0 fully saturated rings. The molecule has 2 aliphatic heterocycles. The molecular weight excluding hydrogens is 372 g/mol. The van der Waals surface area contributed by atoms with Crippen LogP contribution in [0.15, 0.2) is 58.6 Å². The van der Waals surface area contributed by atoms with Gasteiger partial charge >= 0.3 is 0 Å². The van der Waals surface area contributed by atoms with Gasteiger partial charge < -0.3 is 4.74 Å². The fourth-order valence-electron chi connectivity index (χ4n) is 3.20. The number of amides is 1. The number of benzene rings is 2. The van der Waals surface area contributed by atoms with Crippen LogP contribution in [0.3, 0.4) is 0 Å². The van der Waals surface area contributed by atoms with Crippen LogP contribution < -0.4 is 20.6 Å². The normalized spacial score (nSPS) is 17.9. The Labute approximate surface area is 168 Å². The molecule has 0 aliphatic carbocycles. The summed E-state index contributed by atoms with van der Waals surface area (Å²) in [6.07, 6.45) is 1.78. The number of hydrazone groups is 1. The maximum absolute atomic E-state index is 13.0. The van der Waals surface area contributed by atoms with Crippen molar-refractivity contribution >= 4 is 28.5 Å². The van der Waals surface area contributed by atoms with Crippen LogP contribution in [0, 0.1) is 0 Å². The predicted octanol–water partition coefficient (Wildman–Crippen LogP) is 2.37. The van der Waals surface area contributed by atoms with Gasteiger partial charge in [-0.1, -0.05) is 55.4 Å². The molecule has 1 atom stereocenters. The largest absolute Gasteiger partial charge is 0.497 e. The van der Waals surface area contributed by atoms with Gasteiger partial charge in [0.05, 0.1) is 12.5 Å². The zero-order valence-electron chi connectivity index (χ0n) is 15.9. The number of carbonyl (C=O) groups is 1. The maximum atomic E-state index is 13.0. The summed E-state index contributed by atoms with van der Waals surface area (Å²) in [4.78, 5) is 17.9. The molecule has 4 rings (SSSR count). The average molecular weight is 395 g/mol. The van der Waals surface area contributed by atoms with Crippen molar-refractivity contribution < 1.29 is 9.53 Å². The summed E-state index contributed by atoms with van der Waals surface area (Å²) in [7, 11) is 1.64. The highest BCUT2D eigenvalue weighted by atomic mass is 32.2. The number of hydrogen-bond acceptors (Lipinski definition) is 6. The number of ether oxygens (including phenoxy) is 1. The topological polar surface area (TPSA) is 66.3 Å². The van der Waals surface area contributed by atoms with Gasteiger partial charge in [-0.3, -0.25) is 15.1 Å². The Balaban J connectivity index is 1.81. The second-order valence-corrected chi connectivity index (χ2v) is 7.63. The number of thioether (sulfide) groups is 1. The van der Waals surface area contributed by atoms with E-state index in [1.165, 1.54) is 0 Å². The first-order valence-electron chi connectivity index (χ1n) is 9.34. The highest BCUT2D eigenvalue weighted by molar-refractivity contribution is 8.13. The molecule has 28 heavy (non-hydrogen) atoms. The number of nitrogens with zero attached hydrogens (tertiary/aromatic N) is 3. The van der Waals surface area contributed by atoms with E-state index in [9.17, 15) is 4.79 Å². The minimum atomic E-state index is -0.399. The van der Waals surface area contributed by atoms with E-state index in [1.54, 1.807) is 23.9 Å². The molecule has 1 N–H and O–H groups in total. The second kappa shape index (κ2) is 8.06. The van der Waals surface area contributed by atoms with Crippen molar-refractivity contribution in [1.29, 1.82) is 0 Å². The van der Waals surface area contributed by atoms with E-state index >= 15 is 0 Å². The summed E-state index contributed by atoms with van der Waals surface area (Å²) >= 11 is 1.57. The van der Waals surface area contributed by atoms with Crippen molar-refractivity contribution in [3.05, 3.63) is 64.7 Å². The third-order valence-corrected chi connectivity index (χ3v) is 5.62. The van der Waals surface area contributed by atoms with Crippen LogP contribution in [0.2, 0.25) is 0 Å². The minimum absolute atomic E-state index is 0.144. The van der Waals surface area contributed by atoms with Crippen molar-refractivity contribution in [2.24, 2.45) is 10.1 Å². The van der Waals surface area contributed by atoms with Crippen LogP contribution in [0.5, 0.6) is 5.75 Å². The van der Waals surface area contributed by atoms with Crippen molar-refractivity contribution in [2.75, 3.05) is 12.9 Å². The van der Waals surface area contributed by atoms with Crippen molar-refractivity contribution in [2.45, 2.75) is 25.9 Å². The van der Waals surface area contributed by atoms with Crippen LogP contribution in [0.4, 0.5) is 0 Å². The number of amidine groups is 1. The molecule has 7 heteroatoms. The van der Waals surface area contributed by atoms with E-state index in [2.05, 4.69) is 12.2 Å². The fourth-order valence-corrected chi connectivity index (χ4v) is 4.14. The highest BCUT2D eigenvalue weighted by Gasteiger charge is 2.34. The first-order valence-corrected chi connectivity index (χ1v) is 10.3. The molecule has 2 aliphatic rings. The van der Waals surface area contributed by atoms with Crippen LogP contribution in [0.25, 0.3) is 5.70 Å². The van der Waals surface area contributed by atoms with Crippen LogP contribution >= 0.6 is 11.8 Å². The van der Waals surface area contributed by atoms with Crippen molar-refractivity contribution in [3.8, 4) is 5.75 Å². The number of carbonyl (C=O) groups excluding carboxylic acids is 1. The Hall–Kier alpha value is -2.80. The van der Waals surface area contributed by atoms with E-state index in [0.717, 1.165) is 40.5 Å². The third kappa shape index (κ3) is 3.49. The van der Waals surface area contributed by atoms with Gasteiger partial charge in [-0.15, -0.1) is 5.10 Å². The summed E-state index contributed by atoms with van der Waals surface area (Å²) in [5.41, 5.74) is 1.48. The lowest BCUT2D eigenvalue weighted by molar-refractivity contribution is -0.116. The smallest absolute Gasteiger partial charge is 0.276 e. The molecule has 2 aromatic rings. The number of fused-ring (bicyclic) bond motifs is 2. The summed E-state index contributed by atoms with van der Waals surface area (Å²) < 4.78 is 5.26. The van der Waals surface area contributed by atoms with Crippen LogP contribution in [0.1, 0.15) is 31.5 Å². The number of unbranched alkanes of at least 4 members (excludes halogenated alkanes) is 1. The van der Waals surface area contributed by atoms with E-state index in [1.807, 2.05) is 48.5 Å². The first-order chi connectivity index (χ1) is 13.7. The molecule has 144 valence electrons. The van der Waals surface area contributed by atoms with Crippen LogP contribution in [-0.4, -0.2) is 28.9 Å². The average Bonchev–Trinajstić information content (AvgIpc) is 2.73. The molecule has 1 amide bonds. The third-order valence-electron chi connectivity index (χ3n) is 4.67. The molecule has 2 aromatic carbocycles. The van der Waals surface area contributed by atoms with Gasteiger partial charge in [0.15, 0.2) is 11.3 Å². The zero-order chi connectivity index (χ0) is 19.5. The van der Waals surface area contributed by atoms with Crippen molar-refractivity contribution in [1.82, 2.24) is 10.3 Å². The number of methoxy groups -OCH3 is 1. The lowest BCUT2D eigenvalue weighted by atomic mass is 10.1. The van der Waals surface area contributed by atoms with E-state index < -0.39 is 6.17 Å². The summed E-state index contributed by atoms with van der Waals surface area (Å²) in [5, 5.41) is 11.6. The molecule has 0 unspecified atom stereocenters. The highest BCUT2D eigenvalue weighted by Crippen LogP contribution is 2.31. The first kappa shape index (κ1) is 18.6. The van der Waals surface area contributed by atoms with E-state index in [0.29, 0.717) is 10.9 Å².